The van der Waals surface area contributed by atoms with E-state index in [0.717, 1.165) is 16.6 Å². The molecule has 2 amide bonds. The fraction of sp³-hybridized carbons (Fsp3) is 0.222. The SMILES string of the molecule is CCNC(=O)c1cccc(CNC(=O)c2cc3c(ccn3C)[nH]2)c1. The van der Waals surface area contributed by atoms with Crippen LogP contribution in [0.2, 0.25) is 0 Å². The molecule has 3 aromatic rings. The van der Waals surface area contributed by atoms with Crippen LogP contribution in [0.4, 0.5) is 0 Å². The third kappa shape index (κ3) is 3.17. The molecule has 0 saturated carbocycles. The average molecular weight is 324 g/mol. The molecular formula is C18H20N4O2. The van der Waals surface area contributed by atoms with Gasteiger partial charge in [-0.15, -0.1) is 0 Å². The molecule has 0 bridgehead atoms. The van der Waals surface area contributed by atoms with Crippen molar-refractivity contribution in [2.24, 2.45) is 7.05 Å². The summed E-state index contributed by atoms with van der Waals surface area (Å²) in [6, 6.07) is 11.0. The van der Waals surface area contributed by atoms with Crippen LogP contribution in [0.15, 0.2) is 42.6 Å². The summed E-state index contributed by atoms with van der Waals surface area (Å²) in [5, 5.41) is 5.64. The zero-order valence-electron chi connectivity index (χ0n) is 13.7. The Hall–Kier alpha value is -3.02. The number of nitrogens with zero attached hydrogens (tertiary/aromatic N) is 1. The van der Waals surface area contributed by atoms with E-state index in [0.29, 0.717) is 24.3 Å². The third-order valence-electron chi connectivity index (χ3n) is 3.90. The lowest BCUT2D eigenvalue weighted by molar-refractivity contribution is 0.0944. The van der Waals surface area contributed by atoms with E-state index in [1.807, 2.05) is 49.0 Å². The number of H-pyrrole nitrogens is 1. The minimum atomic E-state index is -0.172. The number of hydrogen-bond acceptors (Lipinski definition) is 2. The van der Waals surface area contributed by atoms with E-state index >= 15 is 0 Å². The third-order valence-corrected chi connectivity index (χ3v) is 3.90. The lowest BCUT2D eigenvalue weighted by Gasteiger charge is -2.07. The van der Waals surface area contributed by atoms with E-state index in [4.69, 9.17) is 0 Å². The van der Waals surface area contributed by atoms with Crippen LogP contribution in [-0.4, -0.2) is 27.9 Å². The first-order valence-electron chi connectivity index (χ1n) is 7.88. The smallest absolute Gasteiger partial charge is 0.268 e. The normalized spacial score (nSPS) is 10.8. The zero-order chi connectivity index (χ0) is 17.1. The van der Waals surface area contributed by atoms with Crippen molar-refractivity contribution in [3.05, 3.63) is 59.4 Å². The van der Waals surface area contributed by atoms with Crippen molar-refractivity contribution in [1.82, 2.24) is 20.2 Å². The van der Waals surface area contributed by atoms with Crippen molar-refractivity contribution in [3.8, 4) is 0 Å². The summed E-state index contributed by atoms with van der Waals surface area (Å²) in [7, 11) is 1.94. The summed E-state index contributed by atoms with van der Waals surface area (Å²) in [5.41, 5.74) is 3.91. The molecule has 0 saturated heterocycles. The molecule has 0 aliphatic carbocycles. The number of aryl methyl sites for hydroxylation is 1. The second-order valence-electron chi connectivity index (χ2n) is 5.65. The fourth-order valence-corrected chi connectivity index (χ4v) is 2.63. The van der Waals surface area contributed by atoms with Gasteiger partial charge < -0.3 is 20.2 Å². The van der Waals surface area contributed by atoms with Gasteiger partial charge in [0.25, 0.3) is 11.8 Å². The minimum absolute atomic E-state index is 0.110. The van der Waals surface area contributed by atoms with E-state index in [-0.39, 0.29) is 11.8 Å². The maximum absolute atomic E-state index is 12.3. The molecule has 3 N–H and O–H groups in total. The van der Waals surface area contributed by atoms with Gasteiger partial charge in [-0.3, -0.25) is 9.59 Å². The molecular weight excluding hydrogens is 304 g/mol. The van der Waals surface area contributed by atoms with Gasteiger partial charge in [0.05, 0.1) is 11.0 Å². The Morgan fingerprint density at radius 1 is 1.12 bits per heavy atom. The molecule has 0 atom stereocenters. The van der Waals surface area contributed by atoms with E-state index in [1.165, 1.54) is 0 Å². The van der Waals surface area contributed by atoms with Crippen LogP contribution in [0.25, 0.3) is 11.0 Å². The Labute approximate surface area is 139 Å². The van der Waals surface area contributed by atoms with Gasteiger partial charge in [-0.2, -0.15) is 0 Å². The molecule has 6 heteroatoms. The highest BCUT2D eigenvalue weighted by molar-refractivity contribution is 5.97. The number of carbonyl (C=O) groups excluding carboxylic acids is 2. The molecule has 0 aliphatic heterocycles. The van der Waals surface area contributed by atoms with Crippen molar-refractivity contribution in [1.29, 1.82) is 0 Å². The van der Waals surface area contributed by atoms with Crippen LogP contribution >= 0.6 is 0 Å². The molecule has 0 aliphatic rings. The Kier molecular flexibility index (Phi) is 4.37. The first-order chi connectivity index (χ1) is 11.6. The van der Waals surface area contributed by atoms with Gasteiger partial charge in [0, 0.05) is 31.9 Å². The van der Waals surface area contributed by atoms with E-state index in [9.17, 15) is 9.59 Å². The minimum Gasteiger partial charge on any atom is -0.352 e. The van der Waals surface area contributed by atoms with Crippen molar-refractivity contribution < 1.29 is 9.59 Å². The van der Waals surface area contributed by atoms with Crippen LogP contribution in [0.3, 0.4) is 0 Å². The van der Waals surface area contributed by atoms with Gasteiger partial charge in [0.15, 0.2) is 0 Å². The van der Waals surface area contributed by atoms with Crippen LogP contribution in [-0.2, 0) is 13.6 Å². The van der Waals surface area contributed by atoms with Crippen LogP contribution in [0, 0.1) is 0 Å². The number of amides is 2. The first kappa shape index (κ1) is 15.9. The molecule has 0 unspecified atom stereocenters. The fourth-order valence-electron chi connectivity index (χ4n) is 2.63. The summed E-state index contributed by atoms with van der Waals surface area (Å²) in [6.45, 7) is 2.82. The standard InChI is InChI=1S/C18H20N4O2/c1-3-19-17(23)13-6-4-5-12(9-13)11-20-18(24)15-10-16-14(21-15)7-8-22(16)2/h4-10,21H,3,11H2,1-2H3,(H,19,23)(H,20,24). The number of rotatable bonds is 5. The topological polar surface area (TPSA) is 78.9 Å². The van der Waals surface area contributed by atoms with Gasteiger partial charge in [-0.25, -0.2) is 0 Å². The van der Waals surface area contributed by atoms with E-state index < -0.39 is 0 Å². The van der Waals surface area contributed by atoms with Crippen molar-refractivity contribution in [3.63, 3.8) is 0 Å². The molecule has 2 heterocycles. The number of benzene rings is 1. The van der Waals surface area contributed by atoms with Crippen LogP contribution < -0.4 is 10.6 Å². The van der Waals surface area contributed by atoms with Crippen LogP contribution in [0.1, 0.15) is 33.3 Å². The Morgan fingerprint density at radius 2 is 1.96 bits per heavy atom. The Morgan fingerprint density at radius 3 is 2.71 bits per heavy atom. The van der Waals surface area contributed by atoms with Gasteiger partial charge in [-0.1, -0.05) is 12.1 Å². The summed E-state index contributed by atoms with van der Waals surface area (Å²) < 4.78 is 1.96. The molecule has 0 spiro atoms. The average Bonchev–Trinajstić information content (AvgIpc) is 3.16. The monoisotopic (exact) mass is 324 g/mol. The predicted octanol–water partition coefficient (Wildman–Crippen LogP) is 2.19. The highest BCUT2D eigenvalue weighted by Crippen LogP contribution is 2.15. The van der Waals surface area contributed by atoms with Crippen molar-refractivity contribution in [2.45, 2.75) is 13.5 Å². The van der Waals surface area contributed by atoms with Gasteiger partial charge in [0.2, 0.25) is 0 Å². The lowest BCUT2D eigenvalue weighted by atomic mass is 10.1. The summed E-state index contributed by atoms with van der Waals surface area (Å²) >= 11 is 0. The van der Waals surface area contributed by atoms with Gasteiger partial charge in [-0.05, 0) is 36.8 Å². The first-order valence-corrected chi connectivity index (χ1v) is 7.88. The molecule has 24 heavy (non-hydrogen) atoms. The zero-order valence-corrected chi connectivity index (χ0v) is 13.7. The summed E-state index contributed by atoms with van der Waals surface area (Å²) in [4.78, 5) is 27.2. The highest BCUT2D eigenvalue weighted by Gasteiger charge is 2.11. The van der Waals surface area contributed by atoms with Crippen molar-refractivity contribution in [2.75, 3.05) is 6.54 Å². The number of aromatic amines is 1. The van der Waals surface area contributed by atoms with E-state index in [2.05, 4.69) is 15.6 Å². The second kappa shape index (κ2) is 6.62. The second-order valence-corrected chi connectivity index (χ2v) is 5.65. The van der Waals surface area contributed by atoms with E-state index in [1.54, 1.807) is 12.1 Å². The number of nitrogens with one attached hydrogen (secondary N) is 3. The number of hydrogen-bond donors (Lipinski definition) is 3. The molecule has 0 radical (unpaired) electrons. The molecule has 1 aromatic carbocycles. The lowest BCUT2D eigenvalue weighted by Crippen LogP contribution is -2.24. The molecule has 6 nitrogen and oxygen atoms in total. The summed E-state index contributed by atoms with van der Waals surface area (Å²) in [6.07, 6.45) is 1.94. The Balaban J connectivity index is 1.67. The van der Waals surface area contributed by atoms with Gasteiger partial charge >= 0.3 is 0 Å². The molecule has 2 aromatic heterocycles. The maximum Gasteiger partial charge on any atom is 0.268 e. The maximum atomic E-state index is 12.3. The van der Waals surface area contributed by atoms with Crippen molar-refractivity contribution >= 4 is 22.8 Å². The molecule has 124 valence electrons. The highest BCUT2D eigenvalue weighted by atomic mass is 16.2. The number of fused-ring (bicyclic) bond motifs is 1. The molecule has 0 fully saturated rings. The molecule has 3 rings (SSSR count). The quantitative estimate of drug-likeness (QED) is 0.672. The van der Waals surface area contributed by atoms with Crippen LogP contribution in [0.5, 0.6) is 0 Å². The number of carbonyl (C=O) groups is 2. The summed E-state index contributed by atoms with van der Waals surface area (Å²) in [5.74, 6) is -0.282. The predicted molar refractivity (Wildman–Crippen MR) is 92.9 cm³/mol. The Bertz CT molecular complexity index is 891. The number of aromatic nitrogens is 2. The largest absolute Gasteiger partial charge is 0.352 e. The van der Waals surface area contributed by atoms with Gasteiger partial charge in [0.1, 0.15) is 5.69 Å².